The molecule has 1 aromatic carbocycles. The van der Waals surface area contributed by atoms with Gasteiger partial charge in [-0.1, -0.05) is 12.1 Å². The number of nitrogens with one attached hydrogen (secondary N) is 2. The molecule has 0 spiro atoms. The molecule has 0 aliphatic heterocycles. The molecule has 89 valence electrons. The molecule has 1 radical (unpaired) electrons. The van der Waals surface area contributed by atoms with E-state index in [1.165, 1.54) is 0 Å². The second-order valence-electron chi connectivity index (χ2n) is 3.30. The van der Waals surface area contributed by atoms with Crippen molar-refractivity contribution in [3.8, 4) is 0 Å². The van der Waals surface area contributed by atoms with Gasteiger partial charge in [0.15, 0.2) is 0 Å². The van der Waals surface area contributed by atoms with Crippen LogP contribution in [0.5, 0.6) is 0 Å². The predicted octanol–water partition coefficient (Wildman–Crippen LogP) is 1.60. The maximum absolute atomic E-state index is 4.99. The van der Waals surface area contributed by atoms with Gasteiger partial charge in [-0.2, -0.15) is 0 Å². The van der Waals surface area contributed by atoms with Crippen LogP contribution in [0.1, 0.15) is 0 Å². The molecule has 0 saturated heterocycles. The molecule has 0 aliphatic carbocycles. The molecular weight excluding hydrogens is 204 g/mol. The van der Waals surface area contributed by atoms with E-state index in [0.717, 1.165) is 24.5 Å². The van der Waals surface area contributed by atoms with E-state index in [-0.39, 0.29) is 0 Å². The maximum atomic E-state index is 4.99. The summed E-state index contributed by atoms with van der Waals surface area (Å²) < 4.78 is 9.97. The molecule has 4 heteroatoms. The van der Waals surface area contributed by atoms with Crippen LogP contribution in [0.25, 0.3) is 0 Å². The number of methoxy groups -OCH3 is 2. The fraction of sp³-hybridized carbons (Fsp3) is 0.500. The molecule has 0 bridgehead atoms. The molecule has 0 amide bonds. The van der Waals surface area contributed by atoms with E-state index in [1.807, 2.05) is 18.2 Å². The molecule has 0 aliphatic rings. The van der Waals surface area contributed by atoms with E-state index >= 15 is 0 Å². The van der Waals surface area contributed by atoms with Crippen LogP contribution in [0.15, 0.2) is 18.2 Å². The Kier molecular flexibility index (Phi) is 6.37. The first kappa shape index (κ1) is 12.8. The van der Waals surface area contributed by atoms with Crippen LogP contribution in [-0.4, -0.2) is 40.5 Å². The van der Waals surface area contributed by atoms with Gasteiger partial charge < -0.3 is 20.1 Å². The van der Waals surface area contributed by atoms with Crippen molar-refractivity contribution in [2.24, 2.45) is 0 Å². The molecule has 4 nitrogen and oxygen atoms in total. The fourth-order valence-corrected chi connectivity index (χ4v) is 1.30. The molecule has 0 atom stereocenters. The predicted molar refractivity (Wildman–Crippen MR) is 66.0 cm³/mol. The number of anilines is 2. The van der Waals surface area contributed by atoms with Crippen molar-refractivity contribution < 1.29 is 9.47 Å². The Bertz CT molecular complexity index is 263. The summed E-state index contributed by atoms with van der Waals surface area (Å²) in [5.41, 5.74) is 2.01. The highest BCUT2D eigenvalue weighted by molar-refractivity contribution is 5.67. The van der Waals surface area contributed by atoms with Crippen LogP contribution in [-0.2, 0) is 9.47 Å². The smallest absolute Gasteiger partial charge is 0.0657 e. The van der Waals surface area contributed by atoms with E-state index in [4.69, 9.17) is 9.47 Å². The summed E-state index contributed by atoms with van der Waals surface area (Å²) in [6.07, 6.45) is 0. The SMILES string of the molecule is COCCNc1[c]cccc1NCCOC. The Hall–Kier alpha value is -1.26. The van der Waals surface area contributed by atoms with Crippen molar-refractivity contribution in [2.45, 2.75) is 0 Å². The molecule has 1 aromatic rings. The van der Waals surface area contributed by atoms with Gasteiger partial charge >= 0.3 is 0 Å². The van der Waals surface area contributed by atoms with E-state index in [0.29, 0.717) is 13.2 Å². The highest BCUT2D eigenvalue weighted by atomic mass is 16.5. The van der Waals surface area contributed by atoms with Crippen molar-refractivity contribution >= 4 is 11.4 Å². The van der Waals surface area contributed by atoms with Crippen LogP contribution in [0, 0.1) is 6.07 Å². The van der Waals surface area contributed by atoms with Gasteiger partial charge in [-0.25, -0.2) is 0 Å². The maximum Gasteiger partial charge on any atom is 0.0657 e. The van der Waals surface area contributed by atoms with Gasteiger partial charge in [0.2, 0.25) is 0 Å². The lowest BCUT2D eigenvalue weighted by Crippen LogP contribution is -2.12. The molecule has 1 rings (SSSR count). The molecule has 0 heterocycles. The first-order valence-corrected chi connectivity index (χ1v) is 5.34. The molecule has 16 heavy (non-hydrogen) atoms. The summed E-state index contributed by atoms with van der Waals surface area (Å²) in [6.45, 7) is 2.93. The Balaban J connectivity index is 2.46. The minimum atomic E-state index is 0.681. The average Bonchev–Trinajstić information content (AvgIpc) is 2.32. The lowest BCUT2D eigenvalue weighted by Gasteiger charge is -2.12. The van der Waals surface area contributed by atoms with Gasteiger partial charge in [0.05, 0.1) is 24.6 Å². The molecule has 2 N–H and O–H groups in total. The van der Waals surface area contributed by atoms with E-state index in [1.54, 1.807) is 14.2 Å². The molecule has 0 unspecified atom stereocenters. The topological polar surface area (TPSA) is 42.5 Å². The summed E-state index contributed by atoms with van der Waals surface area (Å²) in [4.78, 5) is 0. The number of hydrogen-bond donors (Lipinski definition) is 2. The second kappa shape index (κ2) is 7.96. The van der Waals surface area contributed by atoms with Crippen molar-refractivity contribution in [1.82, 2.24) is 0 Å². The molecule has 0 saturated carbocycles. The normalized spacial score (nSPS) is 10.1. The van der Waals surface area contributed by atoms with E-state index in [9.17, 15) is 0 Å². The van der Waals surface area contributed by atoms with Crippen LogP contribution in [0.3, 0.4) is 0 Å². The van der Waals surface area contributed by atoms with Crippen molar-refractivity contribution in [3.05, 3.63) is 24.3 Å². The number of para-hydroxylation sites is 1. The summed E-state index contributed by atoms with van der Waals surface area (Å²) in [5.74, 6) is 0. The molecule has 0 aromatic heterocycles. The van der Waals surface area contributed by atoms with Crippen molar-refractivity contribution in [3.63, 3.8) is 0 Å². The number of benzene rings is 1. The minimum absolute atomic E-state index is 0.681. The molecular formula is C12H19N2O2. The first-order valence-electron chi connectivity index (χ1n) is 5.34. The zero-order chi connectivity index (χ0) is 11.6. The van der Waals surface area contributed by atoms with Crippen LogP contribution < -0.4 is 10.6 Å². The third-order valence-electron chi connectivity index (χ3n) is 2.09. The first-order chi connectivity index (χ1) is 7.88. The Morgan fingerprint density at radius 1 is 1.12 bits per heavy atom. The largest absolute Gasteiger partial charge is 0.383 e. The third kappa shape index (κ3) is 4.51. The van der Waals surface area contributed by atoms with Gasteiger partial charge in [0, 0.05) is 33.4 Å². The van der Waals surface area contributed by atoms with Crippen LogP contribution in [0.2, 0.25) is 0 Å². The zero-order valence-electron chi connectivity index (χ0n) is 9.88. The van der Waals surface area contributed by atoms with Crippen LogP contribution >= 0.6 is 0 Å². The number of hydrogen-bond acceptors (Lipinski definition) is 4. The van der Waals surface area contributed by atoms with Crippen LogP contribution in [0.4, 0.5) is 11.4 Å². The second-order valence-corrected chi connectivity index (χ2v) is 3.30. The Labute approximate surface area is 96.9 Å². The summed E-state index contributed by atoms with van der Waals surface area (Å²) >= 11 is 0. The van der Waals surface area contributed by atoms with Crippen molar-refractivity contribution in [2.75, 3.05) is 51.2 Å². The Morgan fingerprint density at radius 2 is 1.81 bits per heavy atom. The highest BCUT2D eigenvalue weighted by Gasteiger charge is 1.99. The summed E-state index contributed by atoms with van der Waals surface area (Å²) in [5, 5.41) is 6.54. The van der Waals surface area contributed by atoms with E-state index in [2.05, 4.69) is 16.7 Å². The highest BCUT2D eigenvalue weighted by Crippen LogP contribution is 2.19. The zero-order valence-corrected chi connectivity index (χ0v) is 9.88. The van der Waals surface area contributed by atoms with Gasteiger partial charge in [0.25, 0.3) is 0 Å². The third-order valence-corrected chi connectivity index (χ3v) is 2.09. The summed E-state index contributed by atoms with van der Waals surface area (Å²) in [7, 11) is 3.38. The lowest BCUT2D eigenvalue weighted by atomic mass is 10.2. The standard InChI is InChI=1S/C12H19N2O2/c1-15-9-7-13-11-5-3-4-6-12(11)14-8-10-16-2/h3-5,13-14H,7-10H2,1-2H3. The lowest BCUT2D eigenvalue weighted by molar-refractivity contribution is 0.210. The van der Waals surface area contributed by atoms with Gasteiger partial charge in [-0.3, -0.25) is 0 Å². The quantitative estimate of drug-likeness (QED) is 0.657. The van der Waals surface area contributed by atoms with Crippen molar-refractivity contribution in [1.29, 1.82) is 0 Å². The van der Waals surface area contributed by atoms with Gasteiger partial charge in [-0.15, -0.1) is 0 Å². The van der Waals surface area contributed by atoms with Gasteiger partial charge in [0.1, 0.15) is 0 Å². The number of rotatable bonds is 8. The average molecular weight is 223 g/mol. The monoisotopic (exact) mass is 223 g/mol. The van der Waals surface area contributed by atoms with Gasteiger partial charge in [-0.05, 0) is 6.07 Å². The molecule has 0 fully saturated rings. The summed E-state index contributed by atoms with van der Waals surface area (Å²) in [6, 6.07) is 9.01. The van der Waals surface area contributed by atoms with E-state index < -0.39 is 0 Å². The fourth-order valence-electron chi connectivity index (χ4n) is 1.30. The Morgan fingerprint density at radius 3 is 2.50 bits per heavy atom. The minimum Gasteiger partial charge on any atom is -0.383 e. The number of ether oxygens (including phenoxy) is 2.